The summed E-state index contributed by atoms with van der Waals surface area (Å²) < 4.78 is 0. The number of rotatable bonds is 18. The van der Waals surface area contributed by atoms with Crippen molar-refractivity contribution in [2.45, 2.75) is 129 Å². The minimum Gasteiger partial charge on any atom is -0.411 e. The fourth-order valence-electron chi connectivity index (χ4n) is 3.15. The zero-order valence-electron chi connectivity index (χ0n) is 16.1. The summed E-state index contributed by atoms with van der Waals surface area (Å²) in [5.74, 6) is 0. The van der Waals surface area contributed by atoms with Crippen LogP contribution < -0.4 is 0 Å². The number of oxime groups is 1. The van der Waals surface area contributed by atoms with Gasteiger partial charge in [0.1, 0.15) is 0 Å². The fourth-order valence-corrected chi connectivity index (χ4v) is 3.15. The van der Waals surface area contributed by atoms with E-state index in [9.17, 15) is 0 Å². The second kappa shape index (κ2) is 19.5. The number of hydrogen-bond acceptors (Lipinski definition) is 2. The monoisotopic (exact) mass is 325 g/mol. The van der Waals surface area contributed by atoms with Crippen LogP contribution in [0.3, 0.4) is 0 Å². The molecule has 1 N–H and O–H groups in total. The first-order chi connectivity index (χ1) is 11.3. The zero-order valence-corrected chi connectivity index (χ0v) is 16.1. The summed E-state index contributed by atoms with van der Waals surface area (Å²) in [7, 11) is 0. The van der Waals surface area contributed by atoms with Crippen LogP contribution in [0.1, 0.15) is 129 Å². The van der Waals surface area contributed by atoms with Gasteiger partial charge < -0.3 is 5.21 Å². The molecule has 0 saturated carbocycles. The fraction of sp³-hybridized carbons (Fsp3) is 0.952. The highest BCUT2D eigenvalue weighted by molar-refractivity contribution is 5.83. The van der Waals surface area contributed by atoms with E-state index in [0.717, 1.165) is 18.6 Å². The minimum atomic E-state index is 1.00. The van der Waals surface area contributed by atoms with Crippen LogP contribution in [0.25, 0.3) is 0 Å². The third-order valence-electron chi connectivity index (χ3n) is 4.78. The highest BCUT2D eigenvalue weighted by atomic mass is 16.4. The maximum absolute atomic E-state index is 9.11. The third kappa shape index (κ3) is 17.7. The molecule has 0 spiro atoms. The lowest BCUT2D eigenvalue weighted by Gasteiger charge is -2.05. The SMILES string of the molecule is CCCCCCCCCCC(CCCCCCCCCC)=NO. The van der Waals surface area contributed by atoms with Crippen LogP contribution in [0.15, 0.2) is 5.16 Å². The highest BCUT2D eigenvalue weighted by Crippen LogP contribution is 2.13. The summed E-state index contributed by atoms with van der Waals surface area (Å²) in [5, 5.41) is 12.6. The van der Waals surface area contributed by atoms with Gasteiger partial charge in [0.25, 0.3) is 0 Å². The summed E-state index contributed by atoms with van der Waals surface area (Å²) in [6.45, 7) is 4.53. The number of hydrogen-bond donors (Lipinski definition) is 1. The Morgan fingerprint density at radius 3 is 1.13 bits per heavy atom. The molecule has 0 aromatic heterocycles. The van der Waals surface area contributed by atoms with Gasteiger partial charge in [0.15, 0.2) is 0 Å². The molecule has 0 aliphatic carbocycles. The van der Waals surface area contributed by atoms with Crippen LogP contribution in [0.5, 0.6) is 0 Å². The predicted octanol–water partition coefficient (Wildman–Crippen LogP) is 7.88. The Morgan fingerprint density at radius 2 is 0.826 bits per heavy atom. The molecular formula is C21H43NO. The van der Waals surface area contributed by atoms with Gasteiger partial charge in [0.2, 0.25) is 0 Å². The van der Waals surface area contributed by atoms with Crippen LogP contribution in [-0.4, -0.2) is 10.9 Å². The summed E-state index contributed by atoms with van der Waals surface area (Å²) in [6.07, 6.45) is 23.5. The van der Waals surface area contributed by atoms with Gasteiger partial charge in [0, 0.05) is 0 Å². The normalized spacial score (nSPS) is 10.9. The molecule has 0 radical (unpaired) electrons. The molecule has 23 heavy (non-hydrogen) atoms. The Labute approximate surface area is 146 Å². The van der Waals surface area contributed by atoms with Crippen molar-refractivity contribution in [2.24, 2.45) is 5.16 Å². The standard InChI is InChI=1S/C21H43NO/c1-3-5-7-9-11-13-15-17-19-21(22-23)20-18-16-14-12-10-8-6-4-2/h23H,3-20H2,1-2H3. The van der Waals surface area contributed by atoms with Gasteiger partial charge in [-0.05, 0) is 25.7 Å². The van der Waals surface area contributed by atoms with E-state index in [0.29, 0.717) is 0 Å². The molecule has 0 atom stereocenters. The molecule has 0 aliphatic heterocycles. The van der Waals surface area contributed by atoms with Gasteiger partial charge >= 0.3 is 0 Å². The maximum Gasteiger partial charge on any atom is 0.0570 e. The molecular weight excluding hydrogens is 282 g/mol. The van der Waals surface area contributed by atoms with Crippen molar-refractivity contribution in [1.82, 2.24) is 0 Å². The van der Waals surface area contributed by atoms with Crippen LogP contribution in [0.2, 0.25) is 0 Å². The Balaban J connectivity index is 3.33. The van der Waals surface area contributed by atoms with E-state index in [1.165, 1.54) is 103 Å². The van der Waals surface area contributed by atoms with Gasteiger partial charge in [-0.2, -0.15) is 0 Å². The third-order valence-corrected chi connectivity index (χ3v) is 4.78. The van der Waals surface area contributed by atoms with E-state index in [4.69, 9.17) is 5.21 Å². The summed E-state index contributed by atoms with van der Waals surface area (Å²) in [4.78, 5) is 0. The molecule has 0 aliphatic rings. The molecule has 0 aromatic carbocycles. The molecule has 0 aromatic rings. The molecule has 0 unspecified atom stereocenters. The topological polar surface area (TPSA) is 32.6 Å². The first-order valence-corrected chi connectivity index (χ1v) is 10.5. The molecule has 2 nitrogen and oxygen atoms in total. The average molecular weight is 326 g/mol. The summed E-state index contributed by atoms with van der Waals surface area (Å²) in [6, 6.07) is 0. The van der Waals surface area contributed by atoms with E-state index in [2.05, 4.69) is 19.0 Å². The van der Waals surface area contributed by atoms with Crippen LogP contribution >= 0.6 is 0 Å². The Morgan fingerprint density at radius 1 is 0.522 bits per heavy atom. The first-order valence-electron chi connectivity index (χ1n) is 10.5. The molecule has 0 bridgehead atoms. The minimum absolute atomic E-state index is 1.00. The second-order valence-electron chi connectivity index (χ2n) is 7.12. The molecule has 0 heterocycles. The van der Waals surface area contributed by atoms with Crippen molar-refractivity contribution in [3.05, 3.63) is 0 Å². The maximum atomic E-state index is 9.11. The van der Waals surface area contributed by atoms with Crippen LogP contribution in [-0.2, 0) is 0 Å². The lowest BCUT2D eigenvalue weighted by molar-refractivity contribution is 0.315. The van der Waals surface area contributed by atoms with Gasteiger partial charge in [-0.3, -0.25) is 0 Å². The van der Waals surface area contributed by atoms with Crippen molar-refractivity contribution in [3.63, 3.8) is 0 Å². The second-order valence-corrected chi connectivity index (χ2v) is 7.12. The van der Waals surface area contributed by atoms with Gasteiger partial charge in [0.05, 0.1) is 5.71 Å². The quantitative estimate of drug-likeness (QED) is 0.118. The van der Waals surface area contributed by atoms with Gasteiger partial charge in [-0.1, -0.05) is 109 Å². The van der Waals surface area contributed by atoms with Crippen molar-refractivity contribution < 1.29 is 5.21 Å². The lowest BCUT2D eigenvalue weighted by Crippen LogP contribution is -1.99. The first kappa shape index (κ1) is 22.5. The van der Waals surface area contributed by atoms with E-state index >= 15 is 0 Å². The summed E-state index contributed by atoms with van der Waals surface area (Å²) in [5.41, 5.74) is 1.03. The average Bonchev–Trinajstić information content (AvgIpc) is 2.57. The van der Waals surface area contributed by atoms with Gasteiger partial charge in [-0.15, -0.1) is 0 Å². The molecule has 0 rings (SSSR count). The van der Waals surface area contributed by atoms with Crippen LogP contribution in [0.4, 0.5) is 0 Å². The molecule has 138 valence electrons. The molecule has 0 fully saturated rings. The highest BCUT2D eigenvalue weighted by Gasteiger charge is 2.01. The Bertz CT molecular complexity index is 228. The molecule has 0 saturated heterocycles. The van der Waals surface area contributed by atoms with Crippen molar-refractivity contribution in [2.75, 3.05) is 0 Å². The Hall–Kier alpha value is -0.530. The number of nitrogens with zero attached hydrogens (tertiary/aromatic N) is 1. The van der Waals surface area contributed by atoms with E-state index in [-0.39, 0.29) is 0 Å². The van der Waals surface area contributed by atoms with E-state index in [1.807, 2.05) is 0 Å². The summed E-state index contributed by atoms with van der Waals surface area (Å²) >= 11 is 0. The van der Waals surface area contributed by atoms with Gasteiger partial charge in [-0.25, -0.2) is 0 Å². The van der Waals surface area contributed by atoms with Crippen molar-refractivity contribution in [1.29, 1.82) is 0 Å². The van der Waals surface area contributed by atoms with Crippen molar-refractivity contribution in [3.8, 4) is 0 Å². The zero-order chi connectivity index (χ0) is 17.0. The Kier molecular flexibility index (Phi) is 19.1. The van der Waals surface area contributed by atoms with E-state index in [1.54, 1.807) is 0 Å². The lowest BCUT2D eigenvalue weighted by atomic mass is 10.0. The van der Waals surface area contributed by atoms with E-state index < -0.39 is 0 Å². The number of unbranched alkanes of at least 4 members (excludes halogenated alkanes) is 14. The van der Waals surface area contributed by atoms with Crippen molar-refractivity contribution >= 4 is 5.71 Å². The van der Waals surface area contributed by atoms with Crippen LogP contribution in [0, 0.1) is 0 Å². The molecule has 0 amide bonds. The largest absolute Gasteiger partial charge is 0.411 e. The smallest absolute Gasteiger partial charge is 0.0570 e. The predicted molar refractivity (Wildman–Crippen MR) is 104 cm³/mol. The molecule has 2 heteroatoms.